The number of ketones is 1. The highest BCUT2D eigenvalue weighted by molar-refractivity contribution is 5.87. The van der Waals surface area contributed by atoms with Crippen LogP contribution in [0.5, 0.6) is 0 Å². The molecule has 2 nitrogen and oxygen atoms in total. The molecule has 0 aliphatic heterocycles. The molecule has 2 unspecified atom stereocenters. The van der Waals surface area contributed by atoms with Crippen molar-refractivity contribution in [3.63, 3.8) is 0 Å². The minimum atomic E-state index is -0.161. The van der Waals surface area contributed by atoms with E-state index >= 15 is 0 Å². The van der Waals surface area contributed by atoms with Crippen molar-refractivity contribution in [2.24, 2.45) is 34.5 Å². The topological polar surface area (TPSA) is 37.3 Å². The van der Waals surface area contributed by atoms with Crippen molar-refractivity contribution in [2.45, 2.75) is 78.7 Å². The molecule has 0 aromatic heterocycles. The molecule has 0 radical (unpaired) electrons. The summed E-state index contributed by atoms with van der Waals surface area (Å²) in [5.74, 6) is 2.86. The van der Waals surface area contributed by atoms with Crippen molar-refractivity contribution in [3.05, 3.63) is 11.1 Å². The Morgan fingerprint density at radius 2 is 1.70 bits per heavy atom. The summed E-state index contributed by atoms with van der Waals surface area (Å²) in [5.41, 5.74) is 3.34. The molecule has 0 spiro atoms. The molecule has 23 heavy (non-hydrogen) atoms. The van der Waals surface area contributed by atoms with E-state index in [4.69, 9.17) is 0 Å². The summed E-state index contributed by atoms with van der Waals surface area (Å²) in [6.45, 7) is 9.27. The van der Waals surface area contributed by atoms with Crippen molar-refractivity contribution >= 4 is 5.78 Å². The zero-order chi connectivity index (χ0) is 16.6. The van der Waals surface area contributed by atoms with Gasteiger partial charge in [-0.15, -0.1) is 0 Å². The van der Waals surface area contributed by atoms with E-state index in [0.29, 0.717) is 23.5 Å². The maximum Gasteiger partial charge on any atom is 0.139 e. The molecule has 0 heterocycles. The van der Waals surface area contributed by atoms with Crippen molar-refractivity contribution in [1.29, 1.82) is 0 Å². The van der Waals surface area contributed by atoms with Crippen LogP contribution in [0.15, 0.2) is 11.1 Å². The molecule has 4 aliphatic carbocycles. The Labute approximate surface area is 140 Å². The summed E-state index contributed by atoms with van der Waals surface area (Å²) in [6.07, 6.45) is 7.31. The van der Waals surface area contributed by atoms with E-state index in [1.54, 1.807) is 5.57 Å². The number of carbonyl (C=O) groups excluding carboxylic acids is 1. The van der Waals surface area contributed by atoms with E-state index < -0.39 is 0 Å². The van der Waals surface area contributed by atoms with Gasteiger partial charge in [-0.1, -0.05) is 31.9 Å². The summed E-state index contributed by atoms with van der Waals surface area (Å²) in [7, 11) is 0. The summed E-state index contributed by atoms with van der Waals surface area (Å²) >= 11 is 0. The summed E-state index contributed by atoms with van der Waals surface area (Å²) in [4.78, 5) is 12.5. The highest BCUT2D eigenvalue weighted by Crippen LogP contribution is 2.65. The highest BCUT2D eigenvalue weighted by Gasteiger charge is 2.59. The predicted octanol–water partition coefficient (Wildman–Crippen LogP) is 4.52. The number of allylic oxidation sites excluding steroid dienone is 1. The van der Waals surface area contributed by atoms with Crippen LogP contribution in [0.1, 0.15) is 72.6 Å². The molecule has 128 valence electrons. The number of fused-ring (bicyclic) bond motifs is 5. The lowest BCUT2D eigenvalue weighted by Crippen LogP contribution is -2.52. The molecular weight excluding hydrogens is 284 g/mol. The van der Waals surface area contributed by atoms with Crippen LogP contribution >= 0.6 is 0 Å². The minimum Gasteiger partial charge on any atom is -0.393 e. The highest BCUT2D eigenvalue weighted by atomic mass is 16.3. The zero-order valence-electron chi connectivity index (χ0n) is 15.2. The van der Waals surface area contributed by atoms with Crippen molar-refractivity contribution in [3.8, 4) is 0 Å². The van der Waals surface area contributed by atoms with Crippen LogP contribution in [0.4, 0.5) is 0 Å². The quantitative estimate of drug-likeness (QED) is 0.667. The molecule has 4 rings (SSSR count). The van der Waals surface area contributed by atoms with Crippen LogP contribution in [0.3, 0.4) is 0 Å². The first-order chi connectivity index (χ1) is 10.8. The molecule has 0 aromatic carbocycles. The van der Waals surface area contributed by atoms with E-state index in [2.05, 4.69) is 27.7 Å². The van der Waals surface area contributed by atoms with Crippen LogP contribution in [-0.4, -0.2) is 17.0 Å². The van der Waals surface area contributed by atoms with Gasteiger partial charge in [-0.2, -0.15) is 0 Å². The van der Waals surface area contributed by atoms with Gasteiger partial charge in [0.25, 0.3) is 0 Å². The molecule has 7 atom stereocenters. The number of carbonyl (C=O) groups is 1. The summed E-state index contributed by atoms with van der Waals surface area (Å²) in [6, 6.07) is 0. The van der Waals surface area contributed by atoms with Gasteiger partial charge in [-0.25, -0.2) is 0 Å². The first kappa shape index (κ1) is 15.9. The average Bonchev–Trinajstić information content (AvgIpc) is 2.79. The Morgan fingerprint density at radius 3 is 2.43 bits per heavy atom. The van der Waals surface area contributed by atoms with E-state index in [-0.39, 0.29) is 16.9 Å². The number of Topliss-reactive ketones (excluding diaryl/α,β-unsaturated/α-hetero) is 1. The number of hydrogen-bond acceptors (Lipinski definition) is 2. The van der Waals surface area contributed by atoms with Gasteiger partial charge in [0, 0.05) is 17.8 Å². The Kier molecular flexibility index (Phi) is 3.41. The smallest absolute Gasteiger partial charge is 0.139 e. The van der Waals surface area contributed by atoms with E-state index in [0.717, 1.165) is 38.0 Å². The molecule has 0 saturated heterocycles. The van der Waals surface area contributed by atoms with E-state index in [9.17, 15) is 9.90 Å². The van der Waals surface area contributed by atoms with E-state index in [1.165, 1.54) is 18.4 Å². The molecule has 0 amide bonds. The Morgan fingerprint density at radius 1 is 1.04 bits per heavy atom. The second-order valence-corrected chi connectivity index (χ2v) is 9.51. The van der Waals surface area contributed by atoms with Crippen LogP contribution in [0, 0.1) is 34.5 Å². The number of aliphatic hydroxyl groups excluding tert-OH is 1. The van der Waals surface area contributed by atoms with Gasteiger partial charge in [0.05, 0.1) is 6.10 Å². The number of rotatable bonds is 0. The lowest BCUT2D eigenvalue weighted by atomic mass is 9.46. The van der Waals surface area contributed by atoms with Crippen LogP contribution in [-0.2, 0) is 4.79 Å². The SMILES string of the molecule is CC1=C2C(C)C(O)CC[C@]2(C)[C@@H]2CC[C@]3(C)C(=O)CC[C@H]3[C@@H]2C1. The fraction of sp³-hybridized carbons (Fsp3) is 0.857. The molecule has 1 N–H and O–H groups in total. The molecule has 3 fully saturated rings. The minimum absolute atomic E-state index is 0.0326. The average molecular weight is 316 g/mol. The lowest BCUT2D eigenvalue weighted by Gasteiger charge is -2.59. The van der Waals surface area contributed by atoms with Gasteiger partial charge in [-0.05, 0) is 68.6 Å². The summed E-state index contributed by atoms with van der Waals surface area (Å²) in [5, 5.41) is 10.4. The molecule has 0 bridgehead atoms. The van der Waals surface area contributed by atoms with Crippen LogP contribution < -0.4 is 0 Å². The molecule has 4 aliphatic rings. The fourth-order valence-corrected chi connectivity index (χ4v) is 7.40. The third-order valence-electron chi connectivity index (χ3n) is 8.57. The molecular formula is C21H32O2. The predicted molar refractivity (Wildman–Crippen MR) is 91.9 cm³/mol. The van der Waals surface area contributed by atoms with Gasteiger partial charge >= 0.3 is 0 Å². The Bertz CT molecular complexity index is 576. The number of aliphatic hydroxyl groups is 1. The Balaban J connectivity index is 1.77. The lowest BCUT2D eigenvalue weighted by molar-refractivity contribution is -0.132. The molecule has 2 heteroatoms. The molecule has 0 aromatic rings. The monoisotopic (exact) mass is 316 g/mol. The van der Waals surface area contributed by atoms with Crippen molar-refractivity contribution < 1.29 is 9.90 Å². The molecule has 3 saturated carbocycles. The first-order valence-electron chi connectivity index (χ1n) is 9.70. The second-order valence-electron chi connectivity index (χ2n) is 9.51. The largest absolute Gasteiger partial charge is 0.393 e. The van der Waals surface area contributed by atoms with E-state index in [1.807, 2.05) is 0 Å². The van der Waals surface area contributed by atoms with Gasteiger partial charge in [0.1, 0.15) is 5.78 Å². The van der Waals surface area contributed by atoms with Crippen molar-refractivity contribution in [2.75, 3.05) is 0 Å². The second kappa shape index (κ2) is 4.94. The number of hydrogen-bond donors (Lipinski definition) is 1. The van der Waals surface area contributed by atoms with Crippen LogP contribution in [0.2, 0.25) is 0 Å². The van der Waals surface area contributed by atoms with Gasteiger partial charge in [0.15, 0.2) is 0 Å². The van der Waals surface area contributed by atoms with Crippen LogP contribution in [0.25, 0.3) is 0 Å². The third kappa shape index (κ3) is 1.94. The Hall–Kier alpha value is -0.630. The maximum atomic E-state index is 12.5. The van der Waals surface area contributed by atoms with Gasteiger partial charge < -0.3 is 5.11 Å². The first-order valence-corrected chi connectivity index (χ1v) is 9.70. The van der Waals surface area contributed by atoms with Gasteiger partial charge in [0.2, 0.25) is 0 Å². The zero-order valence-corrected chi connectivity index (χ0v) is 15.2. The van der Waals surface area contributed by atoms with Crippen molar-refractivity contribution in [1.82, 2.24) is 0 Å². The third-order valence-corrected chi connectivity index (χ3v) is 8.57. The fourth-order valence-electron chi connectivity index (χ4n) is 7.40. The maximum absolute atomic E-state index is 12.5. The summed E-state index contributed by atoms with van der Waals surface area (Å²) < 4.78 is 0. The standard InChI is InChI=1S/C21H32O2/c1-12-11-14-15-5-6-18(23)20(15,3)9-7-16(14)21(4)10-8-17(22)13(2)19(12)21/h13-17,22H,5-11H2,1-4H3/t13?,14-,15-,16+,17?,20-,21+/m0/s1. The van der Waals surface area contributed by atoms with Gasteiger partial charge in [-0.3, -0.25) is 4.79 Å². The normalized spacial score (nSPS) is 52.9.